The Morgan fingerprint density at radius 2 is 2.00 bits per heavy atom. The molecular weight excluding hydrogens is 332 g/mol. The highest BCUT2D eigenvalue weighted by atomic mass is 16.7. The van der Waals surface area contributed by atoms with Gasteiger partial charge < -0.3 is 19.5 Å². The van der Waals surface area contributed by atoms with E-state index in [2.05, 4.69) is 10.3 Å². The van der Waals surface area contributed by atoms with E-state index in [1.807, 2.05) is 49.4 Å². The zero-order chi connectivity index (χ0) is 18.1. The molecule has 0 unspecified atom stereocenters. The molecule has 0 saturated heterocycles. The van der Waals surface area contributed by atoms with Gasteiger partial charge in [-0.15, -0.1) is 0 Å². The maximum atomic E-state index is 12.6. The van der Waals surface area contributed by atoms with Gasteiger partial charge in [-0.05, 0) is 42.8 Å². The molecule has 0 aliphatic carbocycles. The topological polar surface area (TPSA) is 69.7 Å². The molecule has 0 atom stereocenters. The maximum absolute atomic E-state index is 12.6. The molecule has 0 saturated carbocycles. The van der Waals surface area contributed by atoms with Crippen molar-refractivity contribution in [2.75, 3.05) is 13.9 Å². The van der Waals surface area contributed by atoms with E-state index in [0.29, 0.717) is 23.6 Å². The number of methoxy groups -OCH3 is 1. The summed E-state index contributed by atoms with van der Waals surface area (Å²) in [6, 6.07) is 13.1. The molecule has 6 heteroatoms. The molecule has 0 radical (unpaired) electrons. The van der Waals surface area contributed by atoms with E-state index in [-0.39, 0.29) is 12.7 Å². The maximum Gasteiger partial charge on any atom is 0.253 e. The van der Waals surface area contributed by atoms with Gasteiger partial charge in [-0.25, -0.2) is 0 Å². The summed E-state index contributed by atoms with van der Waals surface area (Å²) in [4.78, 5) is 17.1. The Kier molecular flexibility index (Phi) is 4.08. The lowest BCUT2D eigenvalue weighted by Crippen LogP contribution is -2.24. The molecule has 1 aliphatic rings. The first kappa shape index (κ1) is 16.2. The number of benzene rings is 2. The number of aromatic nitrogens is 1. The number of hydrogen-bond acceptors (Lipinski definition) is 5. The number of carbonyl (C=O) groups excluding carboxylic acids is 1. The molecule has 1 aromatic heterocycles. The van der Waals surface area contributed by atoms with Crippen LogP contribution in [0.3, 0.4) is 0 Å². The quantitative estimate of drug-likeness (QED) is 0.782. The molecule has 0 spiro atoms. The Labute approximate surface area is 150 Å². The smallest absolute Gasteiger partial charge is 0.253 e. The third-order valence-electron chi connectivity index (χ3n) is 4.35. The Morgan fingerprint density at radius 3 is 2.85 bits per heavy atom. The highest BCUT2D eigenvalue weighted by molar-refractivity contribution is 5.98. The highest BCUT2D eigenvalue weighted by Gasteiger charge is 2.15. The van der Waals surface area contributed by atoms with Gasteiger partial charge in [-0.2, -0.15) is 0 Å². The van der Waals surface area contributed by atoms with Gasteiger partial charge in [0.05, 0.1) is 23.9 Å². The van der Waals surface area contributed by atoms with Gasteiger partial charge in [0, 0.05) is 18.0 Å². The van der Waals surface area contributed by atoms with Gasteiger partial charge >= 0.3 is 0 Å². The zero-order valence-electron chi connectivity index (χ0n) is 14.5. The van der Waals surface area contributed by atoms with Gasteiger partial charge in [0.1, 0.15) is 5.75 Å². The third kappa shape index (κ3) is 3.01. The van der Waals surface area contributed by atoms with Crippen LogP contribution in [-0.2, 0) is 6.54 Å². The van der Waals surface area contributed by atoms with Crippen molar-refractivity contribution in [3.8, 4) is 17.2 Å². The largest absolute Gasteiger partial charge is 0.497 e. The Balaban J connectivity index is 1.53. The zero-order valence-corrected chi connectivity index (χ0v) is 14.5. The first-order valence-electron chi connectivity index (χ1n) is 8.26. The number of fused-ring (bicyclic) bond motifs is 2. The summed E-state index contributed by atoms with van der Waals surface area (Å²) in [5.74, 6) is 2.01. The van der Waals surface area contributed by atoms with Crippen molar-refractivity contribution in [3.63, 3.8) is 0 Å². The number of pyridine rings is 1. The van der Waals surface area contributed by atoms with Crippen LogP contribution in [0.25, 0.3) is 10.9 Å². The normalized spacial score (nSPS) is 12.2. The predicted octanol–water partition coefficient (Wildman–Crippen LogP) is 3.21. The van der Waals surface area contributed by atoms with Gasteiger partial charge in [0.25, 0.3) is 5.91 Å². The van der Waals surface area contributed by atoms with Crippen LogP contribution in [0, 0.1) is 6.92 Å². The van der Waals surface area contributed by atoms with E-state index in [1.165, 1.54) is 0 Å². The van der Waals surface area contributed by atoms with Crippen molar-refractivity contribution in [1.82, 2.24) is 10.3 Å². The highest BCUT2D eigenvalue weighted by Crippen LogP contribution is 2.32. The molecule has 6 nitrogen and oxygen atoms in total. The van der Waals surface area contributed by atoms with Crippen LogP contribution in [0.15, 0.2) is 42.5 Å². The van der Waals surface area contributed by atoms with Crippen LogP contribution in [0.2, 0.25) is 0 Å². The second-order valence-corrected chi connectivity index (χ2v) is 6.05. The number of hydrogen-bond donors (Lipinski definition) is 1. The lowest BCUT2D eigenvalue weighted by atomic mass is 10.1. The van der Waals surface area contributed by atoms with Crippen LogP contribution in [0.5, 0.6) is 17.2 Å². The minimum atomic E-state index is -0.162. The van der Waals surface area contributed by atoms with Crippen molar-refractivity contribution in [2.45, 2.75) is 13.5 Å². The van der Waals surface area contributed by atoms with Crippen LogP contribution in [0.4, 0.5) is 0 Å². The number of carbonyl (C=O) groups is 1. The molecule has 2 heterocycles. The SMILES string of the molecule is COc1ccc2cc(C(=O)NCc3ccc4c(c3)OCO4)c(C)nc2c1. The summed E-state index contributed by atoms with van der Waals surface area (Å²) in [6.45, 7) is 2.46. The Bertz CT molecular complexity index is 1000. The summed E-state index contributed by atoms with van der Waals surface area (Å²) in [5.41, 5.74) is 2.98. The van der Waals surface area contributed by atoms with Gasteiger partial charge in [-0.3, -0.25) is 9.78 Å². The van der Waals surface area contributed by atoms with E-state index in [0.717, 1.165) is 28.0 Å². The van der Waals surface area contributed by atoms with Crippen molar-refractivity contribution in [2.24, 2.45) is 0 Å². The van der Waals surface area contributed by atoms with E-state index in [4.69, 9.17) is 14.2 Å². The number of ether oxygens (including phenoxy) is 3. The monoisotopic (exact) mass is 350 g/mol. The summed E-state index contributed by atoms with van der Waals surface area (Å²) in [7, 11) is 1.62. The fourth-order valence-electron chi connectivity index (χ4n) is 2.93. The van der Waals surface area contributed by atoms with E-state index in [1.54, 1.807) is 7.11 Å². The average molecular weight is 350 g/mol. The van der Waals surface area contributed by atoms with Gasteiger partial charge in [0.2, 0.25) is 6.79 Å². The molecular formula is C20H18N2O4. The molecule has 0 bridgehead atoms. The number of amides is 1. The van der Waals surface area contributed by atoms with E-state index in [9.17, 15) is 4.79 Å². The molecule has 0 fully saturated rings. The Hall–Kier alpha value is -3.28. The van der Waals surface area contributed by atoms with Crippen LogP contribution in [0.1, 0.15) is 21.6 Å². The Morgan fingerprint density at radius 1 is 1.15 bits per heavy atom. The van der Waals surface area contributed by atoms with Crippen molar-refractivity contribution in [3.05, 3.63) is 59.3 Å². The van der Waals surface area contributed by atoms with Gasteiger partial charge in [-0.1, -0.05) is 6.07 Å². The number of nitrogens with zero attached hydrogens (tertiary/aromatic N) is 1. The number of rotatable bonds is 4. The fourth-order valence-corrected chi connectivity index (χ4v) is 2.93. The minimum Gasteiger partial charge on any atom is -0.497 e. The lowest BCUT2D eigenvalue weighted by molar-refractivity contribution is 0.0950. The number of aryl methyl sites for hydroxylation is 1. The number of nitrogens with one attached hydrogen (secondary N) is 1. The molecule has 26 heavy (non-hydrogen) atoms. The summed E-state index contributed by atoms with van der Waals surface area (Å²) >= 11 is 0. The molecule has 132 valence electrons. The second-order valence-electron chi connectivity index (χ2n) is 6.05. The van der Waals surface area contributed by atoms with Gasteiger partial charge in [0.15, 0.2) is 11.5 Å². The van der Waals surface area contributed by atoms with Crippen molar-refractivity contribution in [1.29, 1.82) is 0 Å². The van der Waals surface area contributed by atoms with E-state index >= 15 is 0 Å². The third-order valence-corrected chi connectivity index (χ3v) is 4.35. The van der Waals surface area contributed by atoms with Crippen LogP contribution >= 0.6 is 0 Å². The molecule has 1 N–H and O–H groups in total. The second kappa shape index (κ2) is 6.55. The van der Waals surface area contributed by atoms with Crippen molar-refractivity contribution >= 4 is 16.8 Å². The summed E-state index contributed by atoms with van der Waals surface area (Å²) in [5, 5.41) is 3.83. The first-order valence-corrected chi connectivity index (χ1v) is 8.26. The fraction of sp³-hybridized carbons (Fsp3) is 0.200. The van der Waals surface area contributed by atoms with Crippen LogP contribution in [-0.4, -0.2) is 24.8 Å². The standard InChI is InChI=1S/C20H18N2O4/c1-12-16(8-14-4-5-15(24-2)9-17(14)22-12)20(23)21-10-13-3-6-18-19(7-13)26-11-25-18/h3-9H,10-11H2,1-2H3,(H,21,23). The molecule has 1 amide bonds. The summed E-state index contributed by atoms with van der Waals surface area (Å²) < 4.78 is 15.9. The molecule has 3 aromatic rings. The minimum absolute atomic E-state index is 0.162. The predicted molar refractivity (Wildman–Crippen MR) is 96.8 cm³/mol. The summed E-state index contributed by atoms with van der Waals surface area (Å²) in [6.07, 6.45) is 0. The molecule has 1 aliphatic heterocycles. The molecule has 4 rings (SSSR count). The lowest BCUT2D eigenvalue weighted by Gasteiger charge is -2.10. The molecule has 2 aromatic carbocycles. The van der Waals surface area contributed by atoms with E-state index < -0.39 is 0 Å². The average Bonchev–Trinajstić information content (AvgIpc) is 3.12. The van der Waals surface area contributed by atoms with Crippen molar-refractivity contribution < 1.29 is 19.0 Å². The van der Waals surface area contributed by atoms with Crippen LogP contribution < -0.4 is 19.5 Å². The first-order chi connectivity index (χ1) is 12.6.